The molecule has 22 heavy (non-hydrogen) atoms. The molecular formula is C14H10ClF2NO3S. The molecule has 0 radical (unpaired) electrons. The van der Waals surface area contributed by atoms with Crippen LogP contribution < -0.4 is 5.32 Å². The zero-order valence-electron chi connectivity index (χ0n) is 11.2. The van der Waals surface area contributed by atoms with Crippen molar-refractivity contribution in [3.05, 3.63) is 58.6 Å². The fourth-order valence-corrected chi connectivity index (χ4v) is 2.53. The lowest BCUT2D eigenvalue weighted by molar-refractivity contribution is 0.102. The number of carbonyl (C=O) groups excluding carboxylic acids is 1. The van der Waals surface area contributed by atoms with E-state index < -0.39 is 27.4 Å². The van der Waals surface area contributed by atoms with Gasteiger partial charge in [-0.2, -0.15) is 0 Å². The monoisotopic (exact) mass is 345 g/mol. The number of carbonyl (C=O) groups is 1. The third-order valence-corrected chi connectivity index (χ3v) is 4.23. The largest absolute Gasteiger partial charge is 0.322 e. The van der Waals surface area contributed by atoms with Crippen molar-refractivity contribution in [1.82, 2.24) is 0 Å². The number of halogens is 3. The summed E-state index contributed by atoms with van der Waals surface area (Å²) in [5, 5.41) is 2.36. The fourth-order valence-electron chi connectivity index (χ4n) is 1.68. The van der Waals surface area contributed by atoms with E-state index in [1.165, 1.54) is 18.2 Å². The predicted molar refractivity (Wildman–Crippen MR) is 78.9 cm³/mol. The summed E-state index contributed by atoms with van der Waals surface area (Å²) in [4.78, 5) is 12.0. The second kappa shape index (κ2) is 6.02. The summed E-state index contributed by atoms with van der Waals surface area (Å²) >= 11 is 5.87. The van der Waals surface area contributed by atoms with E-state index in [0.29, 0.717) is 0 Å². The molecule has 0 fully saturated rings. The molecule has 0 unspecified atom stereocenters. The van der Waals surface area contributed by atoms with Gasteiger partial charge in [0, 0.05) is 18.0 Å². The summed E-state index contributed by atoms with van der Waals surface area (Å²) in [5.41, 5.74) is -0.0703. The van der Waals surface area contributed by atoms with Crippen molar-refractivity contribution >= 4 is 33.0 Å². The molecule has 0 aliphatic carbocycles. The SMILES string of the molecule is CS(=O)(=O)c1ccc(Cl)c(C(=O)Nc2ccc(F)c(F)c2)c1. The Morgan fingerprint density at radius 2 is 1.77 bits per heavy atom. The van der Waals surface area contributed by atoms with E-state index in [2.05, 4.69) is 5.32 Å². The van der Waals surface area contributed by atoms with E-state index in [0.717, 1.165) is 24.5 Å². The van der Waals surface area contributed by atoms with Crippen molar-refractivity contribution in [2.24, 2.45) is 0 Å². The first kappa shape index (κ1) is 16.4. The lowest BCUT2D eigenvalue weighted by Crippen LogP contribution is -2.13. The van der Waals surface area contributed by atoms with Crippen molar-refractivity contribution in [2.45, 2.75) is 4.90 Å². The summed E-state index contributed by atoms with van der Waals surface area (Å²) in [6, 6.07) is 6.50. The molecule has 0 aromatic heterocycles. The van der Waals surface area contributed by atoms with Gasteiger partial charge in [0.2, 0.25) is 0 Å². The number of hydrogen-bond donors (Lipinski definition) is 1. The van der Waals surface area contributed by atoms with E-state index in [1.54, 1.807) is 0 Å². The van der Waals surface area contributed by atoms with Crippen molar-refractivity contribution in [2.75, 3.05) is 11.6 Å². The van der Waals surface area contributed by atoms with Crippen LogP contribution in [0.3, 0.4) is 0 Å². The Kier molecular flexibility index (Phi) is 4.48. The van der Waals surface area contributed by atoms with Crippen molar-refractivity contribution in [1.29, 1.82) is 0 Å². The van der Waals surface area contributed by atoms with E-state index in [1.807, 2.05) is 0 Å². The first-order valence-corrected chi connectivity index (χ1v) is 8.21. The number of amides is 1. The summed E-state index contributed by atoms with van der Waals surface area (Å²) in [5.74, 6) is -2.90. The second-order valence-corrected chi connectivity index (χ2v) is 6.92. The third-order valence-electron chi connectivity index (χ3n) is 2.79. The highest BCUT2D eigenvalue weighted by Gasteiger charge is 2.16. The number of anilines is 1. The van der Waals surface area contributed by atoms with Crippen LogP contribution in [0.4, 0.5) is 14.5 Å². The average molecular weight is 346 g/mol. The standard InChI is InChI=1S/C14H10ClF2NO3S/c1-22(20,21)9-3-4-11(15)10(7-9)14(19)18-8-2-5-12(16)13(17)6-8/h2-7H,1H3,(H,18,19). The summed E-state index contributed by atoms with van der Waals surface area (Å²) in [6.07, 6.45) is 0.993. The topological polar surface area (TPSA) is 63.2 Å². The van der Waals surface area contributed by atoms with Crippen molar-refractivity contribution in [3.63, 3.8) is 0 Å². The maximum atomic E-state index is 13.1. The highest BCUT2D eigenvalue weighted by Crippen LogP contribution is 2.22. The first-order valence-electron chi connectivity index (χ1n) is 5.94. The molecule has 0 spiro atoms. The molecule has 0 aliphatic rings. The molecule has 1 amide bonds. The van der Waals surface area contributed by atoms with E-state index >= 15 is 0 Å². The molecule has 116 valence electrons. The molecular weight excluding hydrogens is 336 g/mol. The molecule has 2 aromatic carbocycles. The predicted octanol–water partition coefficient (Wildman–Crippen LogP) is 3.27. The Bertz CT molecular complexity index is 853. The molecule has 0 heterocycles. The Morgan fingerprint density at radius 3 is 2.36 bits per heavy atom. The molecule has 0 saturated carbocycles. The second-order valence-electron chi connectivity index (χ2n) is 4.50. The van der Waals surface area contributed by atoms with E-state index in [-0.39, 0.29) is 21.2 Å². The molecule has 2 rings (SSSR count). The van der Waals surface area contributed by atoms with E-state index in [4.69, 9.17) is 11.6 Å². The van der Waals surface area contributed by atoms with Crippen LogP contribution in [-0.2, 0) is 9.84 Å². The van der Waals surface area contributed by atoms with Gasteiger partial charge < -0.3 is 5.32 Å². The minimum atomic E-state index is -3.51. The molecule has 0 aliphatic heterocycles. The van der Waals surface area contributed by atoms with Gasteiger partial charge in [0.1, 0.15) is 0 Å². The molecule has 8 heteroatoms. The normalized spacial score (nSPS) is 11.3. The van der Waals surface area contributed by atoms with Crippen LogP contribution in [0.15, 0.2) is 41.3 Å². The van der Waals surface area contributed by atoms with Gasteiger partial charge in [0.05, 0.1) is 15.5 Å². The first-order chi connectivity index (χ1) is 10.2. The van der Waals surface area contributed by atoms with Crippen LogP contribution in [0, 0.1) is 11.6 Å². The number of nitrogens with one attached hydrogen (secondary N) is 1. The zero-order valence-corrected chi connectivity index (χ0v) is 12.8. The lowest BCUT2D eigenvalue weighted by Gasteiger charge is -2.08. The van der Waals surface area contributed by atoms with Crippen molar-refractivity contribution in [3.8, 4) is 0 Å². The molecule has 4 nitrogen and oxygen atoms in total. The number of rotatable bonds is 3. The van der Waals surface area contributed by atoms with Crippen LogP contribution >= 0.6 is 11.6 Å². The molecule has 0 bridgehead atoms. The van der Waals surface area contributed by atoms with Gasteiger partial charge in [-0.3, -0.25) is 4.79 Å². The fraction of sp³-hybridized carbons (Fsp3) is 0.0714. The lowest BCUT2D eigenvalue weighted by atomic mass is 10.2. The van der Waals surface area contributed by atoms with Crippen molar-refractivity contribution < 1.29 is 22.0 Å². The molecule has 0 atom stereocenters. The summed E-state index contributed by atoms with van der Waals surface area (Å²) in [6.45, 7) is 0. The summed E-state index contributed by atoms with van der Waals surface area (Å²) < 4.78 is 48.9. The third kappa shape index (κ3) is 3.61. The zero-order chi connectivity index (χ0) is 16.5. The molecule has 1 N–H and O–H groups in total. The van der Waals surface area contributed by atoms with Gasteiger partial charge in [0.25, 0.3) is 5.91 Å². The Labute approximate surface area is 130 Å². The number of hydrogen-bond acceptors (Lipinski definition) is 3. The maximum absolute atomic E-state index is 13.1. The highest BCUT2D eigenvalue weighted by atomic mass is 35.5. The Hall–Kier alpha value is -1.99. The van der Waals surface area contributed by atoms with Gasteiger partial charge >= 0.3 is 0 Å². The summed E-state index contributed by atoms with van der Waals surface area (Å²) in [7, 11) is -3.51. The van der Waals surface area contributed by atoms with Crippen LogP contribution in [0.2, 0.25) is 5.02 Å². The van der Waals surface area contributed by atoms with Gasteiger partial charge in [-0.05, 0) is 30.3 Å². The minimum Gasteiger partial charge on any atom is -0.322 e. The Balaban J connectivity index is 2.35. The number of sulfone groups is 1. The van der Waals surface area contributed by atoms with Gasteiger partial charge in [0.15, 0.2) is 21.5 Å². The molecule has 2 aromatic rings. The van der Waals surface area contributed by atoms with Crippen LogP contribution in [-0.4, -0.2) is 20.6 Å². The smallest absolute Gasteiger partial charge is 0.257 e. The number of benzene rings is 2. The highest BCUT2D eigenvalue weighted by molar-refractivity contribution is 7.90. The maximum Gasteiger partial charge on any atom is 0.257 e. The van der Waals surface area contributed by atoms with Gasteiger partial charge in [-0.25, -0.2) is 17.2 Å². The average Bonchev–Trinajstić information content (AvgIpc) is 2.42. The minimum absolute atomic E-state index is 0.0183. The van der Waals surface area contributed by atoms with Crippen LogP contribution in [0.1, 0.15) is 10.4 Å². The Morgan fingerprint density at radius 1 is 1.09 bits per heavy atom. The van der Waals surface area contributed by atoms with Crippen LogP contribution in [0.25, 0.3) is 0 Å². The van der Waals surface area contributed by atoms with Crippen LogP contribution in [0.5, 0.6) is 0 Å². The van der Waals surface area contributed by atoms with E-state index in [9.17, 15) is 22.0 Å². The van der Waals surface area contributed by atoms with Gasteiger partial charge in [-0.15, -0.1) is 0 Å². The molecule has 0 saturated heterocycles. The van der Waals surface area contributed by atoms with Gasteiger partial charge in [-0.1, -0.05) is 11.6 Å². The quantitative estimate of drug-likeness (QED) is 0.928.